The van der Waals surface area contributed by atoms with Crippen molar-refractivity contribution in [3.05, 3.63) is 90.3 Å². The summed E-state index contributed by atoms with van der Waals surface area (Å²) in [4.78, 5) is 20.2. The van der Waals surface area contributed by atoms with E-state index in [2.05, 4.69) is 16.5 Å². The highest BCUT2D eigenvalue weighted by atomic mass is 19.1. The first-order chi connectivity index (χ1) is 14.0. The lowest BCUT2D eigenvalue weighted by atomic mass is 9.97. The number of nitrogens with zero attached hydrogens (tertiary/aromatic N) is 1. The number of carbonyl (C=O) groups is 1. The molecule has 0 atom stereocenters. The first-order valence-electron chi connectivity index (χ1n) is 8.96. The Labute approximate surface area is 167 Å². The molecule has 0 fully saturated rings. The highest BCUT2D eigenvalue weighted by molar-refractivity contribution is 6.03. The van der Waals surface area contributed by atoms with Gasteiger partial charge >= 0.3 is 0 Å². The molecule has 2 heterocycles. The van der Waals surface area contributed by atoms with E-state index in [1.807, 2.05) is 0 Å². The molecule has 0 aliphatic heterocycles. The van der Waals surface area contributed by atoms with Gasteiger partial charge in [-0.2, -0.15) is 0 Å². The van der Waals surface area contributed by atoms with Crippen molar-refractivity contribution < 1.29 is 18.3 Å². The van der Waals surface area contributed by atoms with Crippen LogP contribution in [0.4, 0.5) is 8.78 Å². The minimum absolute atomic E-state index is 0.0908. The van der Waals surface area contributed by atoms with Crippen molar-refractivity contribution in [2.75, 3.05) is 13.7 Å². The lowest BCUT2D eigenvalue weighted by Crippen LogP contribution is -2.06. The first kappa shape index (κ1) is 20.4. The van der Waals surface area contributed by atoms with Crippen LogP contribution < -0.4 is 0 Å². The Kier molecular flexibility index (Phi) is 6.46. The van der Waals surface area contributed by atoms with Crippen LogP contribution in [0.3, 0.4) is 0 Å². The average Bonchev–Trinajstić information content (AvgIpc) is 3.10. The summed E-state index contributed by atoms with van der Waals surface area (Å²) in [7, 11) is 1.55. The van der Waals surface area contributed by atoms with E-state index in [1.165, 1.54) is 12.1 Å². The molecule has 0 aliphatic rings. The van der Waals surface area contributed by atoms with E-state index < -0.39 is 11.6 Å². The van der Waals surface area contributed by atoms with E-state index in [4.69, 9.17) is 4.74 Å². The van der Waals surface area contributed by atoms with E-state index in [-0.39, 0.29) is 12.2 Å². The molecule has 0 radical (unpaired) electrons. The number of pyridine rings is 1. The number of methoxy groups -OCH3 is 1. The molecule has 4 nitrogen and oxygen atoms in total. The number of halogens is 2. The van der Waals surface area contributed by atoms with Gasteiger partial charge < -0.3 is 9.72 Å². The molecule has 2 aromatic heterocycles. The van der Waals surface area contributed by atoms with Crippen molar-refractivity contribution in [2.45, 2.75) is 6.42 Å². The number of ketones is 1. The van der Waals surface area contributed by atoms with Crippen molar-refractivity contribution in [1.29, 1.82) is 0 Å². The summed E-state index contributed by atoms with van der Waals surface area (Å²) in [5, 5.41) is 0.657. The number of allylic oxidation sites excluding steroid dienone is 4. The first-order valence-corrected chi connectivity index (χ1v) is 8.96. The van der Waals surface area contributed by atoms with Crippen LogP contribution in [0.5, 0.6) is 0 Å². The van der Waals surface area contributed by atoms with E-state index in [0.717, 1.165) is 6.07 Å². The maximum Gasteiger partial charge on any atom is 0.167 e. The second kappa shape index (κ2) is 9.21. The molecular formula is C23H20F2N2O2. The average molecular weight is 394 g/mol. The summed E-state index contributed by atoms with van der Waals surface area (Å²) in [5.74, 6) is -1.46. The van der Waals surface area contributed by atoms with E-state index >= 15 is 0 Å². The van der Waals surface area contributed by atoms with Gasteiger partial charge in [-0.1, -0.05) is 24.8 Å². The second-order valence-corrected chi connectivity index (χ2v) is 6.36. The molecule has 0 aliphatic carbocycles. The number of fused-ring (bicyclic) bond motifs is 1. The molecule has 0 spiro atoms. The van der Waals surface area contributed by atoms with E-state index in [9.17, 15) is 13.6 Å². The SMILES string of the molecule is C=C/C=C\C(=C/COC)C(=O)Cc1c[nH]c2nccc(-c3cc(F)cc(F)c3)c12. The summed E-state index contributed by atoms with van der Waals surface area (Å²) in [6.45, 7) is 3.91. The number of ether oxygens (including phenoxy) is 1. The van der Waals surface area contributed by atoms with Crippen LogP contribution in [0.15, 0.2) is 73.1 Å². The number of benzene rings is 1. The van der Waals surface area contributed by atoms with Gasteiger partial charge in [0.25, 0.3) is 0 Å². The van der Waals surface area contributed by atoms with Crippen LogP contribution >= 0.6 is 0 Å². The minimum Gasteiger partial charge on any atom is -0.381 e. The van der Waals surface area contributed by atoms with Crippen molar-refractivity contribution in [1.82, 2.24) is 9.97 Å². The van der Waals surface area contributed by atoms with E-state index in [0.29, 0.717) is 39.9 Å². The maximum atomic E-state index is 13.7. The van der Waals surface area contributed by atoms with Crippen molar-refractivity contribution in [2.24, 2.45) is 0 Å². The number of hydrogen-bond donors (Lipinski definition) is 1. The molecule has 29 heavy (non-hydrogen) atoms. The molecule has 0 amide bonds. The quantitative estimate of drug-likeness (QED) is 0.435. The van der Waals surface area contributed by atoms with Crippen LogP contribution in [0.25, 0.3) is 22.2 Å². The Bertz CT molecular complexity index is 1090. The Morgan fingerprint density at radius 1 is 1.28 bits per heavy atom. The standard InChI is InChI=1S/C23H20F2N2O2/c1-3-4-5-15(7-9-29-2)21(28)12-17-14-27-23-22(17)20(6-8-26-23)16-10-18(24)13-19(25)11-16/h3-8,10-11,13-14H,1,9,12H2,2H3,(H,26,27)/b5-4-,15-7+. The zero-order valence-corrected chi connectivity index (χ0v) is 15.9. The molecule has 1 N–H and O–H groups in total. The van der Waals surface area contributed by atoms with Gasteiger partial charge in [0.15, 0.2) is 5.78 Å². The zero-order valence-electron chi connectivity index (χ0n) is 15.9. The number of Topliss-reactive ketones (excluding diaryl/α,β-unsaturated/α-hetero) is 1. The van der Waals surface area contributed by atoms with Gasteiger partial charge in [-0.15, -0.1) is 0 Å². The molecule has 6 heteroatoms. The monoisotopic (exact) mass is 394 g/mol. The molecular weight excluding hydrogens is 374 g/mol. The van der Waals surface area contributed by atoms with Crippen LogP contribution in [0.2, 0.25) is 0 Å². The van der Waals surface area contributed by atoms with Crippen LogP contribution in [0, 0.1) is 11.6 Å². The summed E-state index contributed by atoms with van der Waals surface area (Å²) in [6, 6.07) is 5.01. The number of rotatable bonds is 8. The number of aromatic amines is 1. The van der Waals surface area contributed by atoms with Gasteiger partial charge in [-0.25, -0.2) is 13.8 Å². The molecule has 0 unspecified atom stereocenters. The van der Waals surface area contributed by atoms with Gasteiger partial charge in [0.2, 0.25) is 0 Å². The van der Waals surface area contributed by atoms with Gasteiger partial charge in [-0.05, 0) is 41.0 Å². The topological polar surface area (TPSA) is 55.0 Å². The molecule has 1 aromatic carbocycles. The Balaban J connectivity index is 2.03. The molecule has 0 saturated carbocycles. The third kappa shape index (κ3) is 4.73. The highest BCUT2D eigenvalue weighted by Crippen LogP contribution is 2.31. The largest absolute Gasteiger partial charge is 0.381 e. The Hall–Kier alpha value is -3.38. The Morgan fingerprint density at radius 3 is 2.72 bits per heavy atom. The lowest BCUT2D eigenvalue weighted by molar-refractivity contribution is -0.114. The van der Waals surface area contributed by atoms with Crippen LogP contribution in [-0.2, 0) is 16.0 Å². The summed E-state index contributed by atoms with van der Waals surface area (Å²) in [6.07, 6.45) is 9.96. The van der Waals surface area contributed by atoms with E-state index in [1.54, 1.807) is 49.9 Å². The number of aromatic nitrogens is 2. The van der Waals surface area contributed by atoms with Gasteiger partial charge in [-0.3, -0.25) is 4.79 Å². The summed E-state index contributed by atoms with van der Waals surface area (Å²) in [5.41, 5.74) is 2.70. The second-order valence-electron chi connectivity index (χ2n) is 6.36. The van der Waals surface area contributed by atoms with Crippen LogP contribution in [0.1, 0.15) is 5.56 Å². The normalized spacial score (nSPS) is 12.0. The smallest absolute Gasteiger partial charge is 0.167 e. The maximum absolute atomic E-state index is 13.7. The third-order valence-electron chi connectivity index (χ3n) is 4.38. The van der Waals surface area contributed by atoms with Crippen molar-refractivity contribution >= 4 is 16.8 Å². The molecule has 0 saturated heterocycles. The number of H-pyrrole nitrogens is 1. The third-order valence-corrected chi connectivity index (χ3v) is 4.38. The van der Waals surface area contributed by atoms with Gasteiger partial charge in [0.05, 0.1) is 6.61 Å². The zero-order chi connectivity index (χ0) is 20.8. The summed E-state index contributed by atoms with van der Waals surface area (Å²) < 4.78 is 32.5. The molecule has 0 bridgehead atoms. The van der Waals surface area contributed by atoms with Crippen molar-refractivity contribution in [3.63, 3.8) is 0 Å². The number of nitrogens with one attached hydrogen (secondary N) is 1. The van der Waals surface area contributed by atoms with Crippen molar-refractivity contribution in [3.8, 4) is 11.1 Å². The van der Waals surface area contributed by atoms with Gasteiger partial charge in [0.1, 0.15) is 17.3 Å². The lowest BCUT2D eigenvalue weighted by Gasteiger charge is -2.07. The fraction of sp³-hybridized carbons (Fsp3) is 0.130. The predicted octanol–water partition coefficient (Wildman–Crippen LogP) is 4.93. The number of carbonyl (C=O) groups excluding carboxylic acids is 1. The van der Waals surface area contributed by atoms with Gasteiger partial charge in [0, 0.05) is 43.0 Å². The van der Waals surface area contributed by atoms with Crippen LogP contribution in [-0.4, -0.2) is 29.5 Å². The molecule has 3 rings (SSSR count). The highest BCUT2D eigenvalue weighted by Gasteiger charge is 2.16. The molecule has 148 valence electrons. The Morgan fingerprint density at radius 2 is 2.03 bits per heavy atom. The number of hydrogen-bond acceptors (Lipinski definition) is 3. The molecule has 3 aromatic rings. The fourth-order valence-electron chi connectivity index (χ4n) is 3.11. The summed E-state index contributed by atoms with van der Waals surface area (Å²) >= 11 is 0. The fourth-order valence-corrected chi connectivity index (χ4v) is 3.11. The predicted molar refractivity (Wildman–Crippen MR) is 109 cm³/mol. The minimum atomic E-state index is -0.669.